The SMILES string of the molecule is CC1(C)CC[C@@]2(C(=O)O)C(C1)C1=CCC3[C@@]4(C)C[C@H](O)[C@H](O[C@@H]5O[C@H](CO)[C@@H](O)[C@H](O)[C@H]5O)C(CO)(CO)C4CC[C@@]3(C)[C@]1(C)C[C@H]2O. The van der Waals surface area contributed by atoms with Gasteiger partial charge in [-0.2, -0.15) is 0 Å². The van der Waals surface area contributed by atoms with E-state index in [2.05, 4.69) is 40.7 Å². The van der Waals surface area contributed by atoms with Crippen LogP contribution in [0.15, 0.2) is 11.6 Å². The lowest BCUT2D eigenvalue weighted by molar-refractivity contribution is -0.349. The van der Waals surface area contributed by atoms with E-state index in [-0.39, 0.29) is 29.6 Å². The summed E-state index contributed by atoms with van der Waals surface area (Å²) in [6.45, 7) is 9.13. The van der Waals surface area contributed by atoms with Gasteiger partial charge in [-0.3, -0.25) is 4.79 Å². The summed E-state index contributed by atoms with van der Waals surface area (Å²) < 4.78 is 11.8. The number of ether oxygens (including phenoxy) is 2. The number of carbonyl (C=O) groups is 1. The molecule has 0 bridgehead atoms. The van der Waals surface area contributed by atoms with Gasteiger partial charge in [0.25, 0.3) is 0 Å². The molecule has 1 aliphatic heterocycles. The Morgan fingerprint density at radius 2 is 1.54 bits per heavy atom. The Morgan fingerprint density at radius 1 is 0.875 bits per heavy atom. The van der Waals surface area contributed by atoms with Crippen molar-refractivity contribution < 1.29 is 60.2 Å². The fraction of sp³-hybridized carbons (Fsp3) is 0.917. The van der Waals surface area contributed by atoms with Gasteiger partial charge in [-0.15, -0.1) is 0 Å². The third-order valence-electron chi connectivity index (χ3n) is 15.3. The third kappa shape index (κ3) is 4.73. The zero-order chi connectivity index (χ0) is 35.4. The van der Waals surface area contributed by atoms with E-state index in [0.717, 1.165) is 12.0 Å². The van der Waals surface area contributed by atoms with Crippen LogP contribution in [0.25, 0.3) is 0 Å². The van der Waals surface area contributed by atoms with E-state index >= 15 is 0 Å². The molecule has 4 saturated carbocycles. The molecule has 15 atom stereocenters. The quantitative estimate of drug-likeness (QED) is 0.141. The number of aliphatic hydroxyl groups is 8. The van der Waals surface area contributed by atoms with Crippen molar-refractivity contribution >= 4 is 5.97 Å². The minimum absolute atomic E-state index is 0.0565. The summed E-state index contributed by atoms with van der Waals surface area (Å²) in [5.41, 5.74) is -3.13. The molecule has 6 rings (SSSR count). The molecule has 48 heavy (non-hydrogen) atoms. The third-order valence-corrected chi connectivity index (χ3v) is 15.3. The number of carboxylic acids is 1. The lowest BCUT2D eigenvalue weighted by atomic mass is 9.33. The molecule has 0 spiro atoms. The Bertz CT molecular complexity index is 1280. The number of fused-ring (bicyclic) bond motifs is 7. The Morgan fingerprint density at radius 3 is 2.15 bits per heavy atom. The van der Waals surface area contributed by atoms with E-state index in [0.29, 0.717) is 38.5 Å². The van der Waals surface area contributed by atoms with Crippen LogP contribution >= 0.6 is 0 Å². The molecule has 0 aromatic heterocycles. The number of aliphatic carboxylic acids is 1. The molecule has 0 radical (unpaired) electrons. The fourth-order valence-corrected chi connectivity index (χ4v) is 12.5. The topological polar surface area (TPSA) is 218 Å². The number of hydrogen-bond donors (Lipinski definition) is 9. The van der Waals surface area contributed by atoms with Gasteiger partial charge in [0.2, 0.25) is 0 Å². The molecule has 5 fully saturated rings. The molecule has 0 aromatic rings. The van der Waals surface area contributed by atoms with Crippen LogP contribution in [0.3, 0.4) is 0 Å². The van der Waals surface area contributed by atoms with Gasteiger partial charge in [-0.1, -0.05) is 46.3 Å². The molecule has 6 aliphatic rings. The molecular formula is C36H58O12. The zero-order valence-electron chi connectivity index (χ0n) is 29.0. The predicted octanol–water partition coefficient (Wildman–Crippen LogP) is 0.944. The Balaban J connectivity index is 1.38. The van der Waals surface area contributed by atoms with E-state index in [9.17, 15) is 50.8 Å². The molecular weight excluding hydrogens is 624 g/mol. The number of rotatable bonds is 6. The number of aliphatic hydroxyl groups excluding tert-OH is 8. The van der Waals surface area contributed by atoms with Crippen molar-refractivity contribution in [3.05, 3.63) is 11.6 Å². The van der Waals surface area contributed by atoms with Crippen LogP contribution in [-0.2, 0) is 14.3 Å². The van der Waals surface area contributed by atoms with E-state index in [4.69, 9.17) is 9.47 Å². The predicted molar refractivity (Wildman–Crippen MR) is 171 cm³/mol. The molecule has 12 heteroatoms. The minimum atomic E-state index is -1.71. The maximum atomic E-state index is 13.0. The normalized spacial score (nSPS) is 52.6. The number of allylic oxidation sites excluding steroid dienone is 2. The minimum Gasteiger partial charge on any atom is -0.481 e. The second-order valence-electron chi connectivity index (χ2n) is 17.9. The summed E-state index contributed by atoms with van der Waals surface area (Å²) in [4.78, 5) is 13.0. The van der Waals surface area contributed by atoms with Gasteiger partial charge < -0.3 is 55.4 Å². The molecule has 1 saturated heterocycles. The van der Waals surface area contributed by atoms with Gasteiger partial charge in [-0.05, 0) is 90.8 Å². The van der Waals surface area contributed by atoms with E-state index in [1.807, 2.05) is 0 Å². The highest BCUT2D eigenvalue weighted by molar-refractivity contribution is 5.77. The van der Waals surface area contributed by atoms with Gasteiger partial charge in [-0.25, -0.2) is 0 Å². The smallest absolute Gasteiger partial charge is 0.312 e. The fourth-order valence-electron chi connectivity index (χ4n) is 12.5. The Labute approximate surface area is 282 Å². The van der Waals surface area contributed by atoms with Gasteiger partial charge in [0.1, 0.15) is 29.8 Å². The van der Waals surface area contributed by atoms with Gasteiger partial charge >= 0.3 is 5.97 Å². The first-order valence-electron chi connectivity index (χ1n) is 17.8. The monoisotopic (exact) mass is 682 g/mol. The van der Waals surface area contributed by atoms with Crippen molar-refractivity contribution in [1.82, 2.24) is 0 Å². The van der Waals surface area contributed by atoms with Crippen molar-refractivity contribution in [2.45, 2.75) is 135 Å². The van der Waals surface area contributed by atoms with Crippen molar-refractivity contribution in [1.29, 1.82) is 0 Å². The molecule has 5 aliphatic carbocycles. The van der Waals surface area contributed by atoms with Crippen LogP contribution in [-0.4, -0.2) is 121 Å². The number of carboxylic acid groups (broad SMARTS) is 1. The zero-order valence-corrected chi connectivity index (χ0v) is 29.0. The second kappa shape index (κ2) is 11.9. The lowest BCUT2D eigenvalue weighted by Gasteiger charge is -2.72. The first-order chi connectivity index (χ1) is 22.3. The van der Waals surface area contributed by atoms with Crippen LogP contribution in [0, 0.1) is 50.2 Å². The van der Waals surface area contributed by atoms with Crippen LogP contribution < -0.4 is 0 Å². The molecule has 274 valence electrons. The average molecular weight is 683 g/mol. The van der Waals surface area contributed by atoms with Crippen LogP contribution in [0.4, 0.5) is 0 Å². The van der Waals surface area contributed by atoms with Crippen LogP contribution in [0.5, 0.6) is 0 Å². The van der Waals surface area contributed by atoms with Crippen LogP contribution in [0.1, 0.15) is 86.0 Å². The maximum absolute atomic E-state index is 13.0. The highest BCUT2D eigenvalue weighted by atomic mass is 16.7. The Hall–Kier alpha value is -1.19. The summed E-state index contributed by atoms with van der Waals surface area (Å²) in [5, 5.41) is 97.7. The van der Waals surface area contributed by atoms with Crippen molar-refractivity contribution in [2.75, 3.05) is 19.8 Å². The van der Waals surface area contributed by atoms with E-state index in [1.165, 1.54) is 0 Å². The highest BCUT2D eigenvalue weighted by Crippen LogP contribution is 2.76. The summed E-state index contributed by atoms with van der Waals surface area (Å²) in [6.07, 6.45) is -4.81. The molecule has 0 amide bonds. The van der Waals surface area contributed by atoms with Crippen molar-refractivity contribution in [3.63, 3.8) is 0 Å². The molecule has 9 N–H and O–H groups in total. The Kier molecular flexibility index (Phi) is 9.10. The molecule has 1 heterocycles. The maximum Gasteiger partial charge on any atom is 0.312 e. The lowest BCUT2D eigenvalue weighted by Crippen LogP contribution is -2.71. The van der Waals surface area contributed by atoms with Gasteiger partial charge in [0.05, 0.1) is 38.1 Å². The first kappa shape index (κ1) is 36.6. The van der Waals surface area contributed by atoms with Gasteiger partial charge in [0.15, 0.2) is 6.29 Å². The standard InChI is InChI=1S/C36H58O12/c1-31(2)10-11-36(30(45)46)19(12-31)18-6-7-22-32(3)13-20(40)28(48-29-27(44)26(43)25(42)21(15-37)47-29)35(16-38,17-39)23(32)8-9-33(22,4)34(18,5)14-24(36)41/h6,19-29,37-44H,7-17H2,1-5H3,(H,45,46)/t19?,20-,21+,22?,23?,24+,25+,26-,27+,28-,29-,32+,33+,34+,36+/m0/s1. The summed E-state index contributed by atoms with van der Waals surface area (Å²) in [6, 6.07) is 0. The molecule has 0 aromatic carbocycles. The summed E-state index contributed by atoms with van der Waals surface area (Å²) in [7, 11) is 0. The first-order valence-corrected chi connectivity index (χ1v) is 17.8. The van der Waals surface area contributed by atoms with E-state index < -0.39 is 102 Å². The molecule has 12 nitrogen and oxygen atoms in total. The average Bonchev–Trinajstić information content (AvgIpc) is 3.01. The number of hydrogen-bond acceptors (Lipinski definition) is 11. The van der Waals surface area contributed by atoms with Crippen LogP contribution in [0.2, 0.25) is 0 Å². The van der Waals surface area contributed by atoms with Gasteiger partial charge in [0, 0.05) is 5.41 Å². The van der Waals surface area contributed by atoms with Crippen molar-refractivity contribution in [3.8, 4) is 0 Å². The summed E-state index contributed by atoms with van der Waals surface area (Å²) in [5.74, 6) is -1.65. The van der Waals surface area contributed by atoms with Crippen molar-refractivity contribution in [2.24, 2.45) is 50.2 Å². The summed E-state index contributed by atoms with van der Waals surface area (Å²) >= 11 is 0. The van der Waals surface area contributed by atoms with E-state index in [1.54, 1.807) is 0 Å². The highest BCUT2D eigenvalue weighted by Gasteiger charge is 2.73. The molecule has 3 unspecified atom stereocenters. The largest absolute Gasteiger partial charge is 0.481 e. The second-order valence-corrected chi connectivity index (χ2v) is 17.9.